The first-order valence-corrected chi connectivity index (χ1v) is 8.90. The lowest BCUT2D eigenvalue weighted by Crippen LogP contribution is -2.47. The summed E-state index contributed by atoms with van der Waals surface area (Å²) in [7, 11) is 0. The Morgan fingerprint density at radius 3 is 1.93 bits per heavy atom. The molecule has 4 N–H and O–H groups in total. The molecule has 6 nitrogen and oxygen atoms in total. The number of nitrogens with one attached hydrogen (secondary N) is 2. The van der Waals surface area contributed by atoms with Crippen LogP contribution in [0.2, 0.25) is 10.0 Å². The van der Waals surface area contributed by atoms with Gasteiger partial charge in [0.2, 0.25) is 5.91 Å². The van der Waals surface area contributed by atoms with E-state index >= 15 is 0 Å². The zero-order chi connectivity index (χ0) is 20.1. The van der Waals surface area contributed by atoms with Crippen molar-refractivity contribution in [2.24, 2.45) is 11.7 Å². The number of nitrogens with two attached hydrogens (primary N) is 1. The van der Waals surface area contributed by atoms with Crippen molar-refractivity contribution in [1.82, 2.24) is 5.32 Å². The van der Waals surface area contributed by atoms with E-state index in [0.717, 1.165) is 0 Å². The summed E-state index contributed by atoms with van der Waals surface area (Å²) in [6.45, 7) is 3.58. The molecule has 142 valence electrons. The summed E-state index contributed by atoms with van der Waals surface area (Å²) in [4.78, 5) is 35.9. The number of hydrogen-bond donors (Lipinski definition) is 3. The van der Waals surface area contributed by atoms with E-state index in [2.05, 4.69) is 10.6 Å². The summed E-state index contributed by atoms with van der Waals surface area (Å²) in [5.74, 6) is -1.53. The minimum Gasteiger partial charge on any atom is -0.368 e. The summed E-state index contributed by atoms with van der Waals surface area (Å²) in [5.41, 5.74) is 6.44. The van der Waals surface area contributed by atoms with Gasteiger partial charge in [0, 0.05) is 26.9 Å². The highest BCUT2D eigenvalue weighted by Gasteiger charge is 2.22. The van der Waals surface area contributed by atoms with Gasteiger partial charge in [-0.15, -0.1) is 0 Å². The van der Waals surface area contributed by atoms with Gasteiger partial charge in [0.25, 0.3) is 11.8 Å². The van der Waals surface area contributed by atoms with Gasteiger partial charge in [-0.2, -0.15) is 0 Å². The monoisotopic (exact) mass is 407 g/mol. The first-order chi connectivity index (χ1) is 12.7. The molecule has 2 rings (SSSR count). The standard InChI is InChI=1S/C19H19Cl2N3O3/c1-10(2)16(17(22)25)24-18(26)11-3-5-15(6-4-11)23-19(27)12-7-13(20)9-14(21)8-12/h3-10,16H,1-2H3,(H2,22,25)(H,23,27)(H,24,26). The van der Waals surface area contributed by atoms with Crippen LogP contribution >= 0.6 is 23.2 Å². The highest BCUT2D eigenvalue weighted by molar-refractivity contribution is 6.35. The van der Waals surface area contributed by atoms with E-state index in [9.17, 15) is 14.4 Å². The van der Waals surface area contributed by atoms with Gasteiger partial charge in [-0.3, -0.25) is 14.4 Å². The second-order valence-electron chi connectivity index (χ2n) is 6.29. The Morgan fingerprint density at radius 1 is 0.889 bits per heavy atom. The van der Waals surface area contributed by atoms with Crippen molar-refractivity contribution in [2.45, 2.75) is 19.9 Å². The second kappa shape index (κ2) is 8.88. The van der Waals surface area contributed by atoms with E-state index in [0.29, 0.717) is 26.9 Å². The van der Waals surface area contributed by atoms with E-state index in [1.807, 2.05) is 0 Å². The second-order valence-corrected chi connectivity index (χ2v) is 7.16. The predicted molar refractivity (Wildman–Crippen MR) is 106 cm³/mol. The highest BCUT2D eigenvalue weighted by Crippen LogP contribution is 2.20. The number of anilines is 1. The molecule has 8 heteroatoms. The molecule has 0 heterocycles. The molecule has 0 aliphatic heterocycles. The van der Waals surface area contributed by atoms with Crippen LogP contribution in [-0.2, 0) is 4.79 Å². The van der Waals surface area contributed by atoms with Crippen molar-refractivity contribution < 1.29 is 14.4 Å². The lowest BCUT2D eigenvalue weighted by molar-refractivity contribution is -0.120. The fraction of sp³-hybridized carbons (Fsp3) is 0.211. The quantitative estimate of drug-likeness (QED) is 0.682. The molecule has 0 spiro atoms. The molecule has 0 saturated heterocycles. The van der Waals surface area contributed by atoms with Crippen molar-refractivity contribution in [2.75, 3.05) is 5.32 Å². The van der Waals surface area contributed by atoms with Gasteiger partial charge < -0.3 is 16.4 Å². The topological polar surface area (TPSA) is 101 Å². The van der Waals surface area contributed by atoms with E-state index in [1.165, 1.54) is 30.3 Å². The number of primary amides is 1. The molecule has 0 saturated carbocycles. The van der Waals surface area contributed by atoms with Crippen LogP contribution in [0.5, 0.6) is 0 Å². The van der Waals surface area contributed by atoms with Crippen molar-refractivity contribution in [1.29, 1.82) is 0 Å². The Bertz CT molecular complexity index is 847. The van der Waals surface area contributed by atoms with E-state index < -0.39 is 17.9 Å². The molecule has 0 aliphatic carbocycles. The van der Waals surface area contributed by atoms with Crippen molar-refractivity contribution >= 4 is 46.6 Å². The Labute approximate surface area is 167 Å². The maximum Gasteiger partial charge on any atom is 0.255 e. The Balaban J connectivity index is 2.07. The van der Waals surface area contributed by atoms with E-state index in [4.69, 9.17) is 28.9 Å². The number of benzene rings is 2. The fourth-order valence-electron chi connectivity index (χ4n) is 2.38. The van der Waals surface area contributed by atoms with Crippen LogP contribution in [0.25, 0.3) is 0 Å². The zero-order valence-corrected chi connectivity index (χ0v) is 16.3. The molecule has 27 heavy (non-hydrogen) atoms. The molecule has 0 fully saturated rings. The first-order valence-electron chi connectivity index (χ1n) is 8.15. The van der Waals surface area contributed by atoms with Crippen molar-refractivity contribution in [3.8, 4) is 0 Å². The SMILES string of the molecule is CC(C)C(NC(=O)c1ccc(NC(=O)c2cc(Cl)cc(Cl)c2)cc1)C(N)=O. The number of halogens is 2. The average Bonchev–Trinajstić information content (AvgIpc) is 2.58. The van der Waals surface area contributed by atoms with Crippen molar-refractivity contribution in [3.63, 3.8) is 0 Å². The van der Waals surface area contributed by atoms with Gasteiger partial charge in [0.1, 0.15) is 6.04 Å². The summed E-state index contributed by atoms with van der Waals surface area (Å²) in [5, 5.41) is 6.01. The molecule has 0 bridgehead atoms. The van der Waals surface area contributed by atoms with Gasteiger partial charge in [-0.1, -0.05) is 37.0 Å². The summed E-state index contributed by atoms with van der Waals surface area (Å²) in [6.07, 6.45) is 0. The molecule has 0 aliphatic rings. The largest absolute Gasteiger partial charge is 0.368 e. The third kappa shape index (κ3) is 5.70. The van der Waals surface area contributed by atoms with Crippen LogP contribution in [0.15, 0.2) is 42.5 Å². The molecule has 2 aromatic rings. The number of carbonyl (C=O) groups excluding carboxylic acids is 3. The Morgan fingerprint density at radius 2 is 1.44 bits per heavy atom. The first kappa shape index (κ1) is 20.7. The van der Waals surface area contributed by atoms with Gasteiger partial charge in [-0.05, 0) is 48.4 Å². The fourth-order valence-corrected chi connectivity index (χ4v) is 2.91. The maximum atomic E-state index is 12.3. The molecule has 1 unspecified atom stereocenters. The lowest BCUT2D eigenvalue weighted by Gasteiger charge is -2.19. The van der Waals surface area contributed by atoms with Crippen LogP contribution in [-0.4, -0.2) is 23.8 Å². The van der Waals surface area contributed by atoms with Crippen LogP contribution < -0.4 is 16.4 Å². The van der Waals surface area contributed by atoms with Crippen molar-refractivity contribution in [3.05, 3.63) is 63.6 Å². The molecular formula is C19H19Cl2N3O3. The molecule has 0 aromatic heterocycles. The third-order valence-corrected chi connectivity index (χ3v) is 4.23. The Hall–Kier alpha value is -2.57. The molecule has 1 atom stereocenters. The highest BCUT2D eigenvalue weighted by atomic mass is 35.5. The van der Waals surface area contributed by atoms with Crippen LogP contribution in [0.1, 0.15) is 34.6 Å². The minimum atomic E-state index is -0.760. The summed E-state index contributed by atoms with van der Waals surface area (Å²) in [6, 6.07) is 10.00. The number of hydrogen-bond acceptors (Lipinski definition) is 3. The minimum absolute atomic E-state index is 0.130. The van der Waals surface area contributed by atoms with E-state index in [-0.39, 0.29) is 11.8 Å². The van der Waals surface area contributed by atoms with Gasteiger partial charge in [-0.25, -0.2) is 0 Å². The predicted octanol–water partition coefficient (Wildman–Crippen LogP) is 3.49. The smallest absolute Gasteiger partial charge is 0.255 e. The van der Waals surface area contributed by atoms with Gasteiger partial charge >= 0.3 is 0 Å². The lowest BCUT2D eigenvalue weighted by atomic mass is 10.0. The van der Waals surface area contributed by atoms with Crippen LogP contribution in [0, 0.1) is 5.92 Å². The number of rotatable bonds is 6. The van der Waals surface area contributed by atoms with E-state index in [1.54, 1.807) is 26.0 Å². The van der Waals surface area contributed by atoms with Crippen LogP contribution in [0.4, 0.5) is 5.69 Å². The molecular weight excluding hydrogens is 389 g/mol. The third-order valence-electron chi connectivity index (χ3n) is 3.79. The maximum absolute atomic E-state index is 12.3. The molecule has 2 aromatic carbocycles. The normalized spacial score (nSPS) is 11.7. The molecule has 0 radical (unpaired) electrons. The zero-order valence-electron chi connectivity index (χ0n) is 14.8. The number of carbonyl (C=O) groups is 3. The van der Waals surface area contributed by atoms with Crippen LogP contribution in [0.3, 0.4) is 0 Å². The summed E-state index contributed by atoms with van der Waals surface area (Å²) >= 11 is 11.8. The average molecular weight is 408 g/mol. The molecule has 3 amide bonds. The van der Waals surface area contributed by atoms with Gasteiger partial charge in [0.15, 0.2) is 0 Å². The number of amides is 3. The Kier molecular flexibility index (Phi) is 6.82. The summed E-state index contributed by atoms with van der Waals surface area (Å²) < 4.78 is 0. The van der Waals surface area contributed by atoms with Gasteiger partial charge in [0.05, 0.1) is 0 Å².